The quantitative estimate of drug-likeness (QED) is 0.482. The monoisotopic (exact) mass is 491 g/mol. The fraction of sp³-hybridized carbons (Fsp3) is 0.692. The fourth-order valence-electron chi connectivity index (χ4n) is 4.88. The largest absolute Gasteiger partial charge is 0.477 e. The molecule has 0 saturated heterocycles. The summed E-state index contributed by atoms with van der Waals surface area (Å²) in [6.45, 7) is 6.44. The van der Waals surface area contributed by atoms with Crippen LogP contribution in [0.3, 0.4) is 0 Å². The zero-order chi connectivity index (χ0) is 24.0. The van der Waals surface area contributed by atoms with Gasteiger partial charge in [0.05, 0.1) is 17.2 Å². The highest BCUT2D eigenvalue weighted by molar-refractivity contribution is 7.99. The Hall–Kier alpha value is -1.49. The standard InChI is InChI=1S/C26H37NO4S2/c1-17(2)4-11-22-16-23(24(33-22)26(30)31)27(25(29)19-7-5-18(3)6-8-19)20-9-12-21(13-10-20)32-15-14-28/h16-21,28H,5-10,12-15H2,1-3H3,(H,30,31). The summed E-state index contributed by atoms with van der Waals surface area (Å²) >= 11 is 2.98. The van der Waals surface area contributed by atoms with E-state index >= 15 is 0 Å². The predicted molar refractivity (Wildman–Crippen MR) is 137 cm³/mol. The van der Waals surface area contributed by atoms with E-state index in [1.165, 1.54) is 11.3 Å². The van der Waals surface area contributed by atoms with Gasteiger partial charge in [0, 0.05) is 28.9 Å². The number of nitrogens with zero attached hydrogens (tertiary/aromatic N) is 1. The smallest absolute Gasteiger partial charge is 0.348 e. The summed E-state index contributed by atoms with van der Waals surface area (Å²) in [6.07, 6.45) is 7.54. The molecule has 7 heteroatoms. The lowest BCUT2D eigenvalue weighted by molar-refractivity contribution is -0.124. The van der Waals surface area contributed by atoms with Crippen molar-refractivity contribution >= 4 is 40.7 Å². The molecule has 2 saturated carbocycles. The van der Waals surface area contributed by atoms with Crippen LogP contribution in [0.5, 0.6) is 0 Å². The third-order valence-electron chi connectivity index (χ3n) is 6.71. The first-order chi connectivity index (χ1) is 15.8. The summed E-state index contributed by atoms with van der Waals surface area (Å²) in [5, 5.41) is 19.6. The van der Waals surface area contributed by atoms with Crippen molar-refractivity contribution in [2.45, 2.75) is 83.4 Å². The molecule has 33 heavy (non-hydrogen) atoms. The molecule has 0 unspecified atom stereocenters. The molecule has 1 aromatic heterocycles. The lowest BCUT2D eigenvalue weighted by Crippen LogP contribution is -2.46. The number of aliphatic hydroxyl groups excluding tert-OH is 1. The highest BCUT2D eigenvalue weighted by Crippen LogP contribution is 2.40. The normalized spacial score (nSPS) is 25.4. The average Bonchev–Trinajstić information content (AvgIpc) is 3.22. The molecule has 2 aliphatic carbocycles. The van der Waals surface area contributed by atoms with Gasteiger partial charge in [0.2, 0.25) is 5.91 Å². The molecule has 3 rings (SSSR count). The maximum absolute atomic E-state index is 13.9. The molecule has 1 amide bonds. The van der Waals surface area contributed by atoms with E-state index in [0.717, 1.165) is 57.1 Å². The van der Waals surface area contributed by atoms with E-state index in [4.69, 9.17) is 5.11 Å². The van der Waals surface area contributed by atoms with Crippen LogP contribution in [0.1, 0.15) is 86.7 Å². The van der Waals surface area contributed by atoms with E-state index in [1.54, 1.807) is 11.8 Å². The van der Waals surface area contributed by atoms with Crippen molar-refractivity contribution in [2.75, 3.05) is 17.3 Å². The van der Waals surface area contributed by atoms with Gasteiger partial charge in [-0.25, -0.2) is 4.79 Å². The Morgan fingerprint density at radius 1 is 1.15 bits per heavy atom. The fourth-order valence-corrected chi connectivity index (χ4v) is 6.77. The second-order valence-corrected chi connectivity index (χ2v) is 12.2. The number of aliphatic hydroxyl groups is 1. The second kappa shape index (κ2) is 12.3. The van der Waals surface area contributed by atoms with E-state index in [0.29, 0.717) is 21.7 Å². The van der Waals surface area contributed by atoms with Gasteiger partial charge in [-0.1, -0.05) is 32.6 Å². The molecule has 182 valence electrons. The number of rotatable bonds is 7. The Kier molecular flexibility index (Phi) is 9.72. The Labute approximate surface area is 206 Å². The molecule has 0 radical (unpaired) electrons. The van der Waals surface area contributed by atoms with Crippen molar-refractivity contribution in [1.82, 2.24) is 0 Å². The summed E-state index contributed by atoms with van der Waals surface area (Å²) in [5.41, 5.74) is 0.538. The number of thiophene rings is 1. The third-order valence-corrected chi connectivity index (χ3v) is 9.10. The van der Waals surface area contributed by atoms with E-state index in [2.05, 4.69) is 18.8 Å². The molecule has 1 heterocycles. The number of hydrogen-bond donors (Lipinski definition) is 2. The maximum Gasteiger partial charge on any atom is 0.348 e. The number of thioether (sulfide) groups is 1. The van der Waals surface area contributed by atoms with Crippen molar-refractivity contribution in [3.8, 4) is 11.8 Å². The van der Waals surface area contributed by atoms with Crippen LogP contribution in [-0.2, 0) is 4.79 Å². The minimum Gasteiger partial charge on any atom is -0.477 e. The molecule has 0 aliphatic heterocycles. The van der Waals surface area contributed by atoms with Gasteiger partial charge in [-0.05, 0) is 63.4 Å². The van der Waals surface area contributed by atoms with Gasteiger partial charge in [0.15, 0.2) is 0 Å². The topological polar surface area (TPSA) is 77.8 Å². The Bertz CT molecular complexity index is 869. The maximum atomic E-state index is 13.9. The molecule has 0 aromatic carbocycles. The molecule has 0 bridgehead atoms. The zero-order valence-corrected chi connectivity index (χ0v) is 21.6. The molecule has 5 nitrogen and oxygen atoms in total. The number of anilines is 1. The molecule has 0 atom stereocenters. The van der Waals surface area contributed by atoms with E-state index in [-0.39, 0.29) is 35.3 Å². The summed E-state index contributed by atoms with van der Waals surface area (Å²) < 4.78 is 0. The number of carboxylic acids is 1. The minimum absolute atomic E-state index is 0.0152. The van der Waals surface area contributed by atoms with Gasteiger partial charge in [-0.15, -0.1) is 11.3 Å². The van der Waals surface area contributed by atoms with Crippen LogP contribution >= 0.6 is 23.1 Å². The van der Waals surface area contributed by atoms with Gasteiger partial charge < -0.3 is 15.1 Å². The number of carbonyl (C=O) groups is 2. The molecule has 2 N–H and O–H groups in total. The van der Waals surface area contributed by atoms with E-state index < -0.39 is 5.97 Å². The average molecular weight is 492 g/mol. The molecular formula is C26H37NO4S2. The van der Waals surface area contributed by atoms with Crippen LogP contribution in [0.15, 0.2) is 6.07 Å². The Morgan fingerprint density at radius 2 is 1.82 bits per heavy atom. The van der Waals surface area contributed by atoms with Crippen molar-refractivity contribution in [2.24, 2.45) is 17.8 Å². The summed E-state index contributed by atoms with van der Waals surface area (Å²) in [5.74, 6) is 6.89. The Balaban J connectivity index is 1.91. The number of aromatic carboxylic acids is 1. The van der Waals surface area contributed by atoms with Gasteiger partial charge in [0.25, 0.3) is 0 Å². The van der Waals surface area contributed by atoms with Crippen molar-refractivity contribution < 1.29 is 19.8 Å². The van der Waals surface area contributed by atoms with Gasteiger partial charge in [0.1, 0.15) is 4.88 Å². The predicted octanol–water partition coefficient (Wildman–Crippen LogP) is 5.65. The number of amides is 1. The third kappa shape index (κ3) is 7.00. The van der Waals surface area contributed by atoms with Crippen molar-refractivity contribution in [3.05, 3.63) is 15.8 Å². The van der Waals surface area contributed by atoms with Crippen LogP contribution in [0, 0.1) is 29.6 Å². The molecule has 2 fully saturated rings. The first kappa shape index (κ1) is 26.1. The van der Waals surface area contributed by atoms with Crippen LogP contribution in [0.25, 0.3) is 0 Å². The lowest BCUT2D eigenvalue weighted by atomic mass is 9.81. The van der Waals surface area contributed by atoms with Gasteiger partial charge in [-0.2, -0.15) is 11.8 Å². The number of carboxylic acid groups (broad SMARTS) is 1. The van der Waals surface area contributed by atoms with Crippen LogP contribution in [-0.4, -0.2) is 45.7 Å². The van der Waals surface area contributed by atoms with Crippen LogP contribution in [0.2, 0.25) is 0 Å². The van der Waals surface area contributed by atoms with Crippen LogP contribution < -0.4 is 4.90 Å². The van der Waals surface area contributed by atoms with Gasteiger partial charge in [-0.3, -0.25) is 4.79 Å². The second-order valence-electron chi connectivity index (χ2n) is 9.74. The number of carbonyl (C=O) groups excluding carboxylic acids is 1. The number of hydrogen-bond acceptors (Lipinski definition) is 5. The molecular weight excluding hydrogens is 454 g/mol. The summed E-state index contributed by atoms with van der Waals surface area (Å²) in [6, 6.07) is 1.85. The van der Waals surface area contributed by atoms with Crippen LogP contribution in [0.4, 0.5) is 5.69 Å². The van der Waals surface area contributed by atoms with Crippen molar-refractivity contribution in [1.29, 1.82) is 0 Å². The zero-order valence-electron chi connectivity index (χ0n) is 20.0. The SMILES string of the molecule is CC(C)C#Cc1cc(N(C(=O)C2CCC(C)CC2)C2CCC(SCCO)CC2)c(C(=O)O)s1. The highest BCUT2D eigenvalue weighted by atomic mass is 32.2. The first-order valence-corrected chi connectivity index (χ1v) is 14.1. The molecule has 0 spiro atoms. The highest BCUT2D eigenvalue weighted by Gasteiger charge is 2.37. The Morgan fingerprint density at radius 3 is 2.39 bits per heavy atom. The summed E-state index contributed by atoms with van der Waals surface area (Å²) in [7, 11) is 0. The van der Waals surface area contributed by atoms with Crippen molar-refractivity contribution in [3.63, 3.8) is 0 Å². The molecule has 1 aromatic rings. The lowest BCUT2D eigenvalue weighted by Gasteiger charge is -2.39. The minimum atomic E-state index is -0.991. The first-order valence-electron chi connectivity index (χ1n) is 12.2. The van der Waals surface area contributed by atoms with E-state index in [9.17, 15) is 14.7 Å². The van der Waals surface area contributed by atoms with Gasteiger partial charge >= 0.3 is 5.97 Å². The molecule has 2 aliphatic rings. The summed E-state index contributed by atoms with van der Waals surface area (Å²) in [4.78, 5) is 28.8. The van der Waals surface area contributed by atoms with E-state index in [1.807, 2.05) is 24.8 Å².